The fourth-order valence-corrected chi connectivity index (χ4v) is 3.53. The maximum Gasteiger partial charge on any atom is 0.168 e. The van der Waals surface area contributed by atoms with Gasteiger partial charge < -0.3 is 9.47 Å². The van der Waals surface area contributed by atoms with Crippen LogP contribution in [0.25, 0.3) is 0 Å². The monoisotopic (exact) mass is 304 g/mol. The molecule has 2 nitrogen and oxygen atoms in total. The van der Waals surface area contributed by atoms with Gasteiger partial charge in [-0.1, -0.05) is 58.9 Å². The fraction of sp³-hybridized carbons (Fsp3) is 0.700. The summed E-state index contributed by atoms with van der Waals surface area (Å²) in [5.41, 5.74) is 3.19. The van der Waals surface area contributed by atoms with E-state index in [0.29, 0.717) is 5.92 Å². The van der Waals surface area contributed by atoms with Crippen molar-refractivity contribution in [1.29, 1.82) is 0 Å². The largest absolute Gasteiger partial charge is 0.348 e. The van der Waals surface area contributed by atoms with Gasteiger partial charge in [-0.15, -0.1) is 0 Å². The average molecular weight is 304 g/mol. The van der Waals surface area contributed by atoms with E-state index in [1.807, 2.05) is 13.8 Å². The summed E-state index contributed by atoms with van der Waals surface area (Å²) in [6.07, 6.45) is 4.34. The molecule has 124 valence electrons. The number of hydrogen-bond donors (Lipinski definition) is 0. The van der Waals surface area contributed by atoms with Crippen molar-refractivity contribution in [2.45, 2.75) is 77.4 Å². The van der Waals surface area contributed by atoms with E-state index in [9.17, 15) is 0 Å². The Morgan fingerprint density at radius 2 is 1.55 bits per heavy atom. The molecule has 0 bridgehead atoms. The molecular weight excluding hydrogens is 272 g/mol. The molecule has 1 aliphatic heterocycles. The lowest BCUT2D eigenvalue weighted by Gasteiger charge is -2.42. The molecule has 1 spiro atoms. The van der Waals surface area contributed by atoms with Gasteiger partial charge in [0, 0.05) is 12.8 Å². The number of hydrogen-bond acceptors (Lipinski definition) is 2. The van der Waals surface area contributed by atoms with Crippen LogP contribution in [0.4, 0.5) is 0 Å². The second kappa shape index (κ2) is 7.14. The van der Waals surface area contributed by atoms with Crippen molar-refractivity contribution in [2.75, 3.05) is 13.2 Å². The Morgan fingerprint density at radius 3 is 2.09 bits per heavy atom. The predicted octanol–water partition coefficient (Wildman–Crippen LogP) is 5.41. The van der Waals surface area contributed by atoms with Crippen LogP contribution >= 0.6 is 0 Å². The van der Waals surface area contributed by atoms with E-state index >= 15 is 0 Å². The van der Waals surface area contributed by atoms with E-state index in [2.05, 4.69) is 45.0 Å². The van der Waals surface area contributed by atoms with E-state index in [1.54, 1.807) is 0 Å². The molecule has 2 heteroatoms. The first kappa shape index (κ1) is 17.5. The summed E-state index contributed by atoms with van der Waals surface area (Å²) in [7, 11) is 0. The quantitative estimate of drug-likeness (QED) is 0.727. The standard InChI is InChI=1S/C18H26O2.C2H6/c1-14(2)15-5-4-6-16(13-15)17(3)7-9-18(10-8-17)19-11-12-20-18;1-2/h4-6,13-14H,7-12H2,1-3H3;1-2H3. The van der Waals surface area contributed by atoms with Crippen LogP contribution in [0.3, 0.4) is 0 Å². The summed E-state index contributed by atoms with van der Waals surface area (Å²) in [5.74, 6) is 0.338. The molecule has 1 saturated heterocycles. The van der Waals surface area contributed by atoms with Crippen LogP contribution in [-0.4, -0.2) is 19.0 Å². The molecule has 0 aromatic heterocycles. The highest BCUT2D eigenvalue weighted by Gasteiger charge is 2.44. The van der Waals surface area contributed by atoms with Crippen molar-refractivity contribution < 1.29 is 9.47 Å². The molecular formula is C20H32O2. The molecule has 1 aromatic carbocycles. The van der Waals surface area contributed by atoms with Crippen LogP contribution in [0.2, 0.25) is 0 Å². The highest BCUT2D eigenvalue weighted by Crippen LogP contribution is 2.46. The van der Waals surface area contributed by atoms with Crippen LogP contribution in [-0.2, 0) is 14.9 Å². The summed E-state index contributed by atoms with van der Waals surface area (Å²) >= 11 is 0. The van der Waals surface area contributed by atoms with Gasteiger partial charge in [0.15, 0.2) is 5.79 Å². The van der Waals surface area contributed by atoms with Crippen LogP contribution in [0.5, 0.6) is 0 Å². The Labute approximate surface area is 136 Å². The van der Waals surface area contributed by atoms with Gasteiger partial charge in [-0.2, -0.15) is 0 Å². The van der Waals surface area contributed by atoms with Crippen molar-refractivity contribution in [3.8, 4) is 0 Å². The topological polar surface area (TPSA) is 18.5 Å². The van der Waals surface area contributed by atoms with E-state index < -0.39 is 0 Å². The van der Waals surface area contributed by atoms with Gasteiger partial charge in [0.05, 0.1) is 13.2 Å². The van der Waals surface area contributed by atoms with Gasteiger partial charge in [-0.25, -0.2) is 0 Å². The minimum Gasteiger partial charge on any atom is -0.348 e. The molecule has 2 fully saturated rings. The summed E-state index contributed by atoms with van der Waals surface area (Å²) in [5, 5.41) is 0. The maximum atomic E-state index is 5.85. The molecule has 0 unspecified atom stereocenters. The third-order valence-electron chi connectivity index (χ3n) is 5.18. The van der Waals surface area contributed by atoms with Gasteiger partial charge in [-0.05, 0) is 35.3 Å². The first-order chi connectivity index (χ1) is 10.5. The number of rotatable bonds is 2. The molecule has 1 aromatic rings. The zero-order chi connectivity index (χ0) is 16.2. The zero-order valence-electron chi connectivity index (χ0n) is 14.9. The minimum atomic E-state index is -0.255. The van der Waals surface area contributed by atoms with Gasteiger partial charge in [0.2, 0.25) is 0 Å². The van der Waals surface area contributed by atoms with E-state index in [4.69, 9.17) is 9.47 Å². The van der Waals surface area contributed by atoms with Gasteiger partial charge in [0.25, 0.3) is 0 Å². The lowest BCUT2D eigenvalue weighted by molar-refractivity contribution is -0.184. The highest BCUT2D eigenvalue weighted by atomic mass is 16.7. The van der Waals surface area contributed by atoms with Crippen LogP contribution < -0.4 is 0 Å². The molecule has 1 saturated carbocycles. The zero-order valence-corrected chi connectivity index (χ0v) is 14.9. The predicted molar refractivity (Wildman–Crippen MR) is 92.3 cm³/mol. The lowest BCUT2D eigenvalue weighted by atomic mass is 9.69. The summed E-state index contributed by atoms with van der Waals surface area (Å²) in [4.78, 5) is 0. The third kappa shape index (κ3) is 3.55. The van der Waals surface area contributed by atoms with Crippen LogP contribution in [0, 0.1) is 0 Å². The first-order valence-electron chi connectivity index (χ1n) is 8.91. The Morgan fingerprint density at radius 1 is 0.955 bits per heavy atom. The molecule has 1 aliphatic carbocycles. The van der Waals surface area contributed by atoms with Crippen molar-refractivity contribution in [1.82, 2.24) is 0 Å². The Bertz CT molecular complexity index is 462. The molecule has 1 heterocycles. The summed E-state index contributed by atoms with van der Waals surface area (Å²) < 4.78 is 11.7. The lowest BCUT2D eigenvalue weighted by Crippen LogP contribution is -2.40. The number of benzene rings is 1. The summed E-state index contributed by atoms with van der Waals surface area (Å²) in [6.45, 7) is 12.4. The molecule has 2 aliphatic rings. The van der Waals surface area contributed by atoms with E-state index in [1.165, 1.54) is 11.1 Å². The van der Waals surface area contributed by atoms with Crippen LogP contribution in [0.1, 0.15) is 77.3 Å². The van der Waals surface area contributed by atoms with Crippen LogP contribution in [0.15, 0.2) is 24.3 Å². The SMILES string of the molecule is CC.CC(C)c1cccc(C2(C)CCC3(CC2)OCCO3)c1. The van der Waals surface area contributed by atoms with Crippen molar-refractivity contribution in [2.24, 2.45) is 0 Å². The third-order valence-corrected chi connectivity index (χ3v) is 5.18. The van der Waals surface area contributed by atoms with Gasteiger partial charge in [0.1, 0.15) is 0 Å². The molecule has 0 atom stereocenters. The second-order valence-electron chi connectivity index (χ2n) is 6.95. The normalized spacial score (nSPS) is 22.5. The van der Waals surface area contributed by atoms with E-state index in [0.717, 1.165) is 38.9 Å². The van der Waals surface area contributed by atoms with Gasteiger partial charge in [-0.3, -0.25) is 0 Å². The smallest absolute Gasteiger partial charge is 0.168 e. The van der Waals surface area contributed by atoms with Crippen molar-refractivity contribution in [3.63, 3.8) is 0 Å². The first-order valence-corrected chi connectivity index (χ1v) is 8.91. The highest BCUT2D eigenvalue weighted by molar-refractivity contribution is 5.32. The Hall–Kier alpha value is -0.860. The van der Waals surface area contributed by atoms with Crippen molar-refractivity contribution >= 4 is 0 Å². The summed E-state index contributed by atoms with van der Waals surface area (Å²) in [6, 6.07) is 9.15. The van der Waals surface area contributed by atoms with E-state index in [-0.39, 0.29) is 11.2 Å². The Kier molecular flexibility index (Phi) is 5.68. The molecule has 3 rings (SSSR count). The molecule has 0 amide bonds. The number of ether oxygens (including phenoxy) is 2. The molecule has 22 heavy (non-hydrogen) atoms. The minimum absolute atomic E-state index is 0.255. The Balaban J connectivity index is 0.000000847. The molecule has 0 N–H and O–H groups in total. The van der Waals surface area contributed by atoms with Crippen molar-refractivity contribution in [3.05, 3.63) is 35.4 Å². The second-order valence-corrected chi connectivity index (χ2v) is 6.95. The van der Waals surface area contributed by atoms with Gasteiger partial charge >= 0.3 is 0 Å². The average Bonchev–Trinajstić information content (AvgIpc) is 3.01. The fourth-order valence-electron chi connectivity index (χ4n) is 3.53. The maximum absolute atomic E-state index is 5.85. The molecule has 0 radical (unpaired) electrons.